The van der Waals surface area contributed by atoms with Gasteiger partial charge in [0, 0.05) is 29.4 Å². The van der Waals surface area contributed by atoms with E-state index in [-0.39, 0.29) is 6.61 Å². The van der Waals surface area contributed by atoms with Crippen LogP contribution in [0.25, 0.3) is 0 Å². The molecule has 3 aromatic rings. The molecule has 0 unspecified atom stereocenters. The molecule has 2 aromatic carbocycles. The van der Waals surface area contributed by atoms with Crippen molar-refractivity contribution in [2.45, 2.75) is 24.7 Å². The van der Waals surface area contributed by atoms with E-state index in [0.29, 0.717) is 28.6 Å². The lowest BCUT2D eigenvalue weighted by Crippen LogP contribution is -2.16. The first-order valence-corrected chi connectivity index (χ1v) is 11.6. The Morgan fingerprint density at radius 2 is 2.13 bits per heavy atom. The molecule has 0 bridgehead atoms. The number of hydrogen-bond donors (Lipinski definition) is 1. The standard InChI is InChI=1S/C20H22BrClFN5O2S/c1-28-20(25-26-27-28)31-8-4-7-24-11-13-9-18(29-2)19(10-15(13)21)30-12-14-16(22)5-3-6-17(14)23/h3,5-6,9-10,24H,4,7-8,11-12H2,1-2H3. The summed E-state index contributed by atoms with van der Waals surface area (Å²) in [5.74, 6) is 1.58. The highest BCUT2D eigenvalue weighted by molar-refractivity contribution is 9.10. The summed E-state index contributed by atoms with van der Waals surface area (Å²) in [5, 5.41) is 15.9. The van der Waals surface area contributed by atoms with Crippen molar-refractivity contribution in [3.8, 4) is 11.5 Å². The van der Waals surface area contributed by atoms with Gasteiger partial charge in [0.2, 0.25) is 5.16 Å². The zero-order valence-electron chi connectivity index (χ0n) is 17.1. The van der Waals surface area contributed by atoms with E-state index < -0.39 is 5.82 Å². The Kier molecular flexibility index (Phi) is 8.94. The summed E-state index contributed by atoms with van der Waals surface area (Å²) < 4.78 is 27.8. The third kappa shape index (κ3) is 6.55. The van der Waals surface area contributed by atoms with Crippen LogP contribution in [0.4, 0.5) is 4.39 Å². The average molecular weight is 531 g/mol. The van der Waals surface area contributed by atoms with Gasteiger partial charge in [-0.3, -0.25) is 0 Å². The normalized spacial score (nSPS) is 11.0. The monoisotopic (exact) mass is 529 g/mol. The van der Waals surface area contributed by atoms with Gasteiger partial charge in [-0.2, -0.15) is 0 Å². The van der Waals surface area contributed by atoms with Crippen LogP contribution in [-0.4, -0.2) is 39.6 Å². The second-order valence-electron chi connectivity index (χ2n) is 6.55. The molecular weight excluding hydrogens is 509 g/mol. The van der Waals surface area contributed by atoms with E-state index >= 15 is 0 Å². The number of aryl methyl sites for hydroxylation is 1. The van der Waals surface area contributed by atoms with Crippen molar-refractivity contribution < 1.29 is 13.9 Å². The van der Waals surface area contributed by atoms with Crippen molar-refractivity contribution >= 4 is 39.3 Å². The number of thioether (sulfide) groups is 1. The van der Waals surface area contributed by atoms with Gasteiger partial charge in [0.1, 0.15) is 12.4 Å². The molecule has 166 valence electrons. The molecule has 0 atom stereocenters. The first kappa shape index (κ1) is 23.8. The van der Waals surface area contributed by atoms with Crippen molar-refractivity contribution in [3.05, 3.63) is 56.8 Å². The van der Waals surface area contributed by atoms with Crippen molar-refractivity contribution in [2.75, 3.05) is 19.4 Å². The minimum atomic E-state index is -0.403. The molecule has 0 radical (unpaired) electrons. The lowest BCUT2D eigenvalue weighted by atomic mass is 10.2. The summed E-state index contributed by atoms with van der Waals surface area (Å²) in [4.78, 5) is 0. The lowest BCUT2D eigenvalue weighted by Gasteiger charge is -2.15. The van der Waals surface area contributed by atoms with Gasteiger partial charge in [-0.05, 0) is 53.2 Å². The van der Waals surface area contributed by atoms with Crippen molar-refractivity contribution in [1.82, 2.24) is 25.5 Å². The quantitative estimate of drug-likeness (QED) is 0.286. The van der Waals surface area contributed by atoms with Gasteiger partial charge in [-0.15, -0.1) is 5.10 Å². The largest absolute Gasteiger partial charge is 0.493 e. The van der Waals surface area contributed by atoms with Gasteiger partial charge in [-0.1, -0.05) is 45.4 Å². The Labute approximate surface area is 197 Å². The molecule has 1 aromatic heterocycles. The van der Waals surface area contributed by atoms with E-state index in [1.165, 1.54) is 6.07 Å². The summed E-state index contributed by atoms with van der Waals surface area (Å²) in [6, 6.07) is 8.27. The summed E-state index contributed by atoms with van der Waals surface area (Å²) >= 11 is 11.3. The second kappa shape index (κ2) is 11.7. The van der Waals surface area contributed by atoms with Gasteiger partial charge in [-0.25, -0.2) is 9.07 Å². The molecule has 0 aliphatic heterocycles. The number of tetrazole rings is 1. The molecule has 0 saturated heterocycles. The number of ether oxygens (including phenoxy) is 2. The molecule has 0 saturated carbocycles. The Bertz CT molecular complexity index is 1000. The molecule has 3 rings (SSSR count). The number of nitrogens with one attached hydrogen (secondary N) is 1. The number of aromatic nitrogens is 4. The molecule has 1 N–H and O–H groups in total. The molecule has 11 heteroatoms. The van der Waals surface area contributed by atoms with Crippen LogP contribution >= 0.6 is 39.3 Å². The number of halogens is 3. The molecule has 7 nitrogen and oxygen atoms in total. The number of methoxy groups -OCH3 is 1. The maximum Gasteiger partial charge on any atom is 0.209 e. The minimum absolute atomic E-state index is 0.00457. The summed E-state index contributed by atoms with van der Waals surface area (Å²) in [6.45, 7) is 1.51. The van der Waals surface area contributed by atoms with Crippen LogP contribution in [0.3, 0.4) is 0 Å². The van der Waals surface area contributed by atoms with Gasteiger partial charge in [0.05, 0.1) is 12.1 Å². The topological polar surface area (TPSA) is 74.1 Å². The van der Waals surface area contributed by atoms with Gasteiger partial charge >= 0.3 is 0 Å². The number of hydrogen-bond acceptors (Lipinski definition) is 7. The smallest absolute Gasteiger partial charge is 0.209 e. The van der Waals surface area contributed by atoms with Crippen LogP contribution in [-0.2, 0) is 20.2 Å². The summed E-state index contributed by atoms with van der Waals surface area (Å²) in [5.41, 5.74) is 1.33. The third-order valence-electron chi connectivity index (χ3n) is 4.39. The number of nitrogens with zero attached hydrogens (tertiary/aromatic N) is 4. The molecule has 0 spiro atoms. The molecule has 0 aliphatic carbocycles. The van der Waals surface area contributed by atoms with Crippen LogP contribution in [0.15, 0.2) is 40.0 Å². The van der Waals surface area contributed by atoms with E-state index in [9.17, 15) is 4.39 Å². The molecule has 1 heterocycles. The Balaban J connectivity index is 1.52. The Morgan fingerprint density at radius 1 is 1.29 bits per heavy atom. The fraction of sp³-hybridized carbons (Fsp3) is 0.350. The van der Waals surface area contributed by atoms with Crippen LogP contribution in [0.2, 0.25) is 5.02 Å². The summed E-state index contributed by atoms with van der Waals surface area (Å²) in [6.07, 6.45) is 0.969. The van der Waals surface area contributed by atoms with Crippen molar-refractivity contribution in [1.29, 1.82) is 0 Å². The molecule has 0 aliphatic rings. The molecule has 0 amide bonds. The van der Waals surface area contributed by atoms with Crippen LogP contribution in [0.5, 0.6) is 11.5 Å². The van der Waals surface area contributed by atoms with Gasteiger partial charge < -0.3 is 14.8 Å². The maximum absolute atomic E-state index is 14.0. The van der Waals surface area contributed by atoms with Gasteiger partial charge in [0.25, 0.3) is 0 Å². The zero-order chi connectivity index (χ0) is 22.2. The Hall–Kier alpha value is -1.88. The highest BCUT2D eigenvalue weighted by atomic mass is 79.9. The Morgan fingerprint density at radius 3 is 2.84 bits per heavy atom. The highest BCUT2D eigenvalue weighted by Crippen LogP contribution is 2.34. The van der Waals surface area contributed by atoms with Crippen molar-refractivity contribution in [3.63, 3.8) is 0 Å². The fourth-order valence-corrected chi connectivity index (χ4v) is 4.20. The van der Waals surface area contributed by atoms with E-state index in [0.717, 1.165) is 33.9 Å². The van der Waals surface area contributed by atoms with E-state index in [1.807, 2.05) is 19.2 Å². The predicted molar refractivity (Wildman–Crippen MR) is 122 cm³/mol. The number of rotatable bonds is 11. The first-order valence-electron chi connectivity index (χ1n) is 9.47. The molecule has 31 heavy (non-hydrogen) atoms. The van der Waals surface area contributed by atoms with Crippen LogP contribution in [0.1, 0.15) is 17.5 Å². The molecular formula is C20H22BrClFN5O2S. The zero-order valence-corrected chi connectivity index (χ0v) is 20.2. The third-order valence-corrected chi connectivity index (χ3v) is 6.58. The highest BCUT2D eigenvalue weighted by Gasteiger charge is 2.13. The van der Waals surface area contributed by atoms with Gasteiger partial charge in [0.15, 0.2) is 11.5 Å². The summed E-state index contributed by atoms with van der Waals surface area (Å²) in [7, 11) is 3.39. The lowest BCUT2D eigenvalue weighted by molar-refractivity contribution is 0.279. The van der Waals surface area contributed by atoms with Crippen LogP contribution in [0, 0.1) is 5.82 Å². The van der Waals surface area contributed by atoms with Crippen LogP contribution < -0.4 is 14.8 Å². The maximum atomic E-state index is 14.0. The minimum Gasteiger partial charge on any atom is -0.493 e. The number of benzene rings is 2. The average Bonchev–Trinajstić information content (AvgIpc) is 3.16. The van der Waals surface area contributed by atoms with E-state index in [4.69, 9.17) is 21.1 Å². The van der Waals surface area contributed by atoms with E-state index in [1.54, 1.807) is 35.7 Å². The SMILES string of the molecule is COc1cc(CNCCCSc2nnnn2C)c(Br)cc1OCc1c(F)cccc1Cl. The fourth-order valence-electron chi connectivity index (χ4n) is 2.73. The van der Waals surface area contributed by atoms with Crippen molar-refractivity contribution in [2.24, 2.45) is 7.05 Å². The predicted octanol–water partition coefficient (Wildman–Crippen LogP) is 4.62. The second-order valence-corrected chi connectivity index (χ2v) is 8.87. The first-order chi connectivity index (χ1) is 15.0. The molecule has 0 fully saturated rings. The van der Waals surface area contributed by atoms with E-state index in [2.05, 4.69) is 36.8 Å².